The van der Waals surface area contributed by atoms with Crippen LogP contribution in [0.4, 0.5) is 5.69 Å². The van der Waals surface area contributed by atoms with Crippen molar-refractivity contribution in [2.75, 3.05) is 5.32 Å². The molecule has 2 nitrogen and oxygen atoms in total. The minimum absolute atomic E-state index is 0.556. The van der Waals surface area contributed by atoms with Gasteiger partial charge in [-0.25, -0.2) is 0 Å². The van der Waals surface area contributed by atoms with E-state index >= 15 is 0 Å². The molecule has 20 heavy (non-hydrogen) atoms. The zero-order chi connectivity index (χ0) is 14.1. The van der Waals surface area contributed by atoms with Crippen molar-refractivity contribution in [1.82, 2.24) is 4.98 Å². The number of pyridine rings is 1. The van der Waals surface area contributed by atoms with Crippen LogP contribution in [0.2, 0.25) is 5.02 Å². The van der Waals surface area contributed by atoms with Gasteiger partial charge in [0.1, 0.15) is 0 Å². The van der Waals surface area contributed by atoms with Crippen LogP contribution in [0.5, 0.6) is 0 Å². The van der Waals surface area contributed by atoms with Gasteiger partial charge in [-0.15, -0.1) is 0 Å². The average Bonchev–Trinajstić information content (AvgIpc) is 2.44. The fraction of sp³-hybridized carbons (Fsp3) is 0.471. The third-order valence-corrected chi connectivity index (χ3v) is 4.99. The second-order valence-corrected chi connectivity index (χ2v) is 6.47. The van der Waals surface area contributed by atoms with Gasteiger partial charge >= 0.3 is 0 Å². The van der Waals surface area contributed by atoms with E-state index in [0.717, 1.165) is 21.8 Å². The van der Waals surface area contributed by atoms with E-state index in [2.05, 4.69) is 36.3 Å². The molecule has 1 aromatic carbocycles. The number of rotatable bonds is 2. The molecule has 1 aliphatic rings. The molecule has 0 amide bonds. The van der Waals surface area contributed by atoms with E-state index in [1.54, 1.807) is 0 Å². The van der Waals surface area contributed by atoms with Gasteiger partial charge in [-0.2, -0.15) is 0 Å². The summed E-state index contributed by atoms with van der Waals surface area (Å²) < 4.78 is 0. The molecule has 106 valence electrons. The topological polar surface area (TPSA) is 24.9 Å². The Morgan fingerprint density at radius 1 is 1.20 bits per heavy atom. The quantitative estimate of drug-likeness (QED) is 0.829. The molecule has 1 fully saturated rings. The number of aromatic nitrogens is 1. The van der Waals surface area contributed by atoms with E-state index < -0.39 is 0 Å². The third-order valence-electron chi connectivity index (χ3n) is 4.75. The molecule has 1 aliphatic carbocycles. The lowest BCUT2D eigenvalue weighted by Gasteiger charge is -2.35. The summed E-state index contributed by atoms with van der Waals surface area (Å²) in [5.74, 6) is 1.50. The molecule has 1 N–H and O–H groups in total. The van der Waals surface area contributed by atoms with Crippen LogP contribution in [0.3, 0.4) is 0 Å². The van der Waals surface area contributed by atoms with Crippen LogP contribution >= 0.6 is 11.6 Å². The predicted molar refractivity (Wildman–Crippen MR) is 86.3 cm³/mol. The molecular formula is C17H21ClN2. The van der Waals surface area contributed by atoms with Crippen LogP contribution in [0.1, 0.15) is 33.1 Å². The number of hydrogen-bond acceptors (Lipinski definition) is 2. The molecular weight excluding hydrogens is 268 g/mol. The second-order valence-electron chi connectivity index (χ2n) is 6.04. The standard InChI is InChI=1S/C17H21ClN2/c1-11-4-3-5-15(12(11)2)20-16-8-9-19-17-10-13(18)6-7-14(16)17/h6-12,15H,3-5H2,1-2H3,(H,19,20). The number of halogens is 1. The highest BCUT2D eigenvalue weighted by Crippen LogP contribution is 2.33. The fourth-order valence-corrected chi connectivity index (χ4v) is 3.40. The molecule has 3 rings (SSSR count). The molecule has 0 bridgehead atoms. The maximum Gasteiger partial charge on any atom is 0.0737 e. The summed E-state index contributed by atoms with van der Waals surface area (Å²) in [4.78, 5) is 4.41. The molecule has 1 heterocycles. The van der Waals surface area contributed by atoms with Gasteiger partial charge in [0.2, 0.25) is 0 Å². The molecule has 0 saturated heterocycles. The maximum absolute atomic E-state index is 6.04. The number of anilines is 1. The summed E-state index contributed by atoms with van der Waals surface area (Å²) in [5, 5.41) is 5.63. The number of benzene rings is 1. The first-order valence-corrected chi connectivity index (χ1v) is 7.84. The Morgan fingerprint density at radius 3 is 2.90 bits per heavy atom. The Kier molecular flexibility index (Phi) is 3.84. The predicted octanol–water partition coefficient (Wildman–Crippen LogP) is 5.12. The molecule has 3 atom stereocenters. The lowest BCUT2D eigenvalue weighted by atomic mass is 9.78. The first-order chi connectivity index (χ1) is 9.65. The van der Waals surface area contributed by atoms with Gasteiger partial charge in [-0.3, -0.25) is 4.98 Å². The Bertz CT molecular complexity index is 611. The summed E-state index contributed by atoms with van der Waals surface area (Å²) in [6, 6.07) is 8.55. The normalized spacial score (nSPS) is 26.6. The van der Waals surface area contributed by atoms with Crippen LogP contribution in [-0.4, -0.2) is 11.0 Å². The van der Waals surface area contributed by atoms with E-state index in [1.165, 1.54) is 24.9 Å². The maximum atomic E-state index is 6.04. The second kappa shape index (κ2) is 5.61. The molecule has 1 saturated carbocycles. The highest BCUT2D eigenvalue weighted by atomic mass is 35.5. The van der Waals surface area contributed by atoms with Gasteiger partial charge in [-0.05, 0) is 42.5 Å². The highest BCUT2D eigenvalue weighted by Gasteiger charge is 2.27. The highest BCUT2D eigenvalue weighted by molar-refractivity contribution is 6.31. The van der Waals surface area contributed by atoms with Crippen molar-refractivity contribution in [3.05, 3.63) is 35.5 Å². The third kappa shape index (κ3) is 2.62. The Labute approximate surface area is 125 Å². The summed E-state index contributed by atoms with van der Waals surface area (Å²) in [6.07, 6.45) is 5.78. The number of hydrogen-bond donors (Lipinski definition) is 1. The van der Waals surface area contributed by atoms with Gasteiger partial charge in [0.05, 0.1) is 5.52 Å². The van der Waals surface area contributed by atoms with Crippen LogP contribution < -0.4 is 5.32 Å². The fourth-order valence-electron chi connectivity index (χ4n) is 3.23. The summed E-state index contributed by atoms with van der Waals surface area (Å²) in [6.45, 7) is 4.73. The van der Waals surface area contributed by atoms with Crippen LogP contribution in [-0.2, 0) is 0 Å². The zero-order valence-electron chi connectivity index (χ0n) is 12.1. The SMILES string of the molecule is CC1CCCC(Nc2ccnc3cc(Cl)ccc23)C1C. The monoisotopic (exact) mass is 288 g/mol. The van der Waals surface area contributed by atoms with Gasteiger partial charge in [0.25, 0.3) is 0 Å². The van der Waals surface area contributed by atoms with E-state index in [-0.39, 0.29) is 0 Å². The minimum atomic E-state index is 0.556. The van der Waals surface area contributed by atoms with Crippen LogP contribution in [0, 0.1) is 11.8 Å². The first kappa shape index (κ1) is 13.7. The van der Waals surface area contributed by atoms with Crippen molar-refractivity contribution in [2.45, 2.75) is 39.2 Å². The molecule has 1 aromatic heterocycles. The van der Waals surface area contributed by atoms with Gasteiger partial charge < -0.3 is 5.32 Å². The summed E-state index contributed by atoms with van der Waals surface area (Å²) in [5.41, 5.74) is 2.14. The smallest absolute Gasteiger partial charge is 0.0737 e. The van der Waals surface area contributed by atoms with Crippen molar-refractivity contribution in [3.8, 4) is 0 Å². The van der Waals surface area contributed by atoms with Crippen molar-refractivity contribution in [2.24, 2.45) is 11.8 Å². The van der Waals surface area contributed by atoms with Crippen molar-refractivity contribution in [1.29, 1.82) is 0 Å². The molecule has 2 aromatic rings. The Balaban J connectivity index is 1.91. The minimum Gasteiger partial charge on any atom is -0.381 e. The Morgan fingerprint density at radius 2 is 2.05 bits per heavy atom. The van der Waals surface area contributed by atoms with E-state index in [4.69, 9.17) is 11.6 Å². The Hall–Kier alpha value is -1.28. The first-order valence-electron chi connectivity index (χ1n) is 7.46. The number of nitrogens with zero attached hydrogens (tertiary/aromatic N) is 1. The van der Waals surface area contributed by atoms with E-state index in [0.29, 0.717) is 12.0 Å². The van der Waals surface area contributed by atoms with Crippen LogP contribution in [0.15, 0.2) is 30.5 Å². The van der Waals surface area contributed by atoms with Gasteiger partial charge in [-0.1, -0.05) is 38.3 Å². The summed E-state index contributed by atoms with van der Waals surface area (Å²) >= 11 is 6.04. The van der Waals surface area contributed by atoms with Crippen molar-refractivity contribution >= 4 is 28.2 Å². The van der Waals surface area contributed by atoms with Gasteiger partial charge in [0, 0.05) is 28.3 Å². The van der Waals surface area contributed by atoms with Crippen LogP contribution in [0.25, 0.3) is 10.9 Å². The van der Waals surface area contributed by atoms with Crippen molar-refractivity contribution in [3.63, 3.8) is 0 Å². The molecule has 3 unspecified atom stereocenters. The lowest BCUT2D eigenvalue weighted by Crippen LogP contribution is -2.35. The number of fused-ring (bicyclic) bond motifs is 1. The largest absolute Gasteiger partial charge is 0.381 e. The van der Waals surface area contributed by atoms with E-state index in [9.17, 15) is 0 Å². The molecule has 3 heteroatoms. The zero-order valence-corrected chi connectivity index (χ0v) is 12.8. The van der Waals surface area contributed by atoms with E-state index in [1.807, 2.05) is 18.3 Å². The molecule has 0 spiro atoms. The van der Waals surface area contributed by atoms with Crippen molar-refractivity contribution < 1.29 is 0 Å². The number of nitrogens with one attached hydrogen (secondary N) is 1. The molecule has 0 radical (unpaired) electrons. The summed E-state index contributed by atoms with van der Waals surface area (Å²) in [7, 11) is 0. The van der Waals surface area contributed by atoms with Gasteiger partial charge in [0.15, 0.2) is 0 Å². The molecule has 0 aliphatic heterocycles. The average molecular weight is 289 g/mol. The lowest BCUT2D eigenvalue weighted by molar-refractivity contribution is 0.253.